The minimum absolute atomic E-state index is 0.0547. The molecule has 0 saturated carbocycles. The van der Waals surface area contributed by atoms with E-state index in [2.05, 4.69) is 28.7 Å². The van der Waals surface area contributed by atoms with E-state index in [1.165, 1.54) is 17.1 Å². The molecule has 6 nitrogen and oxygen atoms in total. The van der Waals surface area contributed by atoms with Gasteiger partial charge in [0.25, 0.3) is 0 Å². The second-order valence-corrected chi connectivity index (χ2v) is 9.76. The Morgan fingerprint density at radius 1 is 1.29 bits per heavy atom. The molecule has 34 heavy (non-hydrogen) atoms. The molecule has 1 fully saturated rings. The summed E-state index contributed by atoms with van der Waals surface area (Å²) in [5.74, 6) is 1.21. The van der Waals surface area contributed by atoms with Crippen molar-refractivity contribution in [2.45, 2.75) is 58.6 Å². The second kappa shape index (κ2) is 11.3. The van der Waals surface area contributed by atoms with E-state index in [4.69, 9.17) is 26.1 Å². The standard InChI is InChI=1S/C26H30ClN3O3S/c1-4-19-17(12-14-32-26(31)22-9-6-13-28-22)7-5-8-20(19)24-29-25(34-30-24)18-10-11-23(21(27)15-18)33-16(2)3/h5,7-8,10-11,15-16,22,28H,4,6,9,12-14H2,1-3H3/t22-/m0/s1. The van der Waals surface area contributed by atoms with Crippen LogP contribution in [0.2, 0.25) is 5.02 Å². The first-order valence-corrected chi connectivity index (χ1v) is 12.9. The fraction of sp³-hybridized carbons (Fsp3) is 0.423. The van der Waals surface area contributed by atoms with Crippen molar-refractivity contribution < 1.29 is 14.3 Å². The number of nitrogens with zero attached hydrogens (tertiary/aromatic N) is 2. The molecule has 1 aliphatic heterocycles. The summed E-state index contributed by atoms with van der Waals surface area (Å²) >= 11 is 7.77. The molecule has 0 unspecified atom stereocenters. The van der Waals surface area contributed by atoms with Crippen molar-refractivity contribution in [3.63, 3.8) is 0 Å². The van der Waals surface area contributed by atoms with Crippen LogP contribution in [0, 0.1) is 0 Å². The number of hydrogen-bond donors (Lipinski definition) is 1. The van der Waals surface area contributed by atoms with E-state index in [0.717, 1.165) is 47.5 Å². The van der Waals surface area contributed by atoms with Crippen LogP contribution < -0.4 is 10.1 Å². The van der Waals surface area contributed by atoms with Crippen molar-refractivity contribution in [1.82, 2.24) is 14.7 Å². The molecule has 1 saturated heterocycles. The zero-order chi connectivity index (χ0) is 24.1. The van der Waals surface area contributed by atoms with Gasteiger partial charge in [0.2, 0.25) is 0 Å². The predicted molar refractivity (Wildman–Crippen MR) is 137 cm³/mol. The Labute approximate surface area is 209 Å². The first-order chi connectivity index (χ1) is 16.5. The lowest BCUT2D eigenvalue weighted by Crippen LogP contribution is -2.32. The van der Waals surface area contributed by atoms with Gasteiger partial charge in [0.15, 0.2) is 5.82 Å². The van der Waals surface area contributed by atoms with E-state index in [1.54, 1.807) is 0 Å². The minimum atomic E-state index is -0.158. The number of nitrogens with one attached hydrogen (secondary N) is 1. The number of carbonyl (C=O) groups is 1. The summed E-state index contributed by atoms with van der Waals surface area (Å²) in [5.41, 5.74) is 4.26. The SMILES string of the molecule is CCc1c(CCOC(=O)[C@@H]2CCCN2)cccc1-c1nsc(-c2ccc(OC(C)C)c(Cl)c2)n1. The lowest BCUT2D eigenvalue weighted by atomic mass is 9.96. The lowest BCUT2D eigenvalue weighted by molar-refractivity contribution is -0.145. The summed E-state index contributed by atoms with van der Waals surface area (Å²) in [6.45, 7) is 7.31. The summed E-state index contributed by atoms with van der Waals surface area (Å²) in [6, 6.07) is 11.7. The van der Waals surface area contributed by atoms with E-state index >= 15 is 0 Å². The molecule has 0 aliphatic carbocycles. The van der Waals surface area contributed by atoms with Crippen LogP contribution in [-0.2, 0) is 22.4 Å². The Morgan fingerprint density at radius 3 is 2.85 bits per heavy atom. The minimum Gasteiger partial charge on any atom is -0.489 e. The zero-order valence-corrected chi connectivity index (χ0v) is 21.3. The van der Waals surface area contributed by atoms with E-state index in [1.807, 2.05) is 38.1 Å². The smallest absolute Gasteiger partial charge is 0.323 e. The quantitative estimate of drug-likeness (QED) is 0.380. The van der Waals surface area contributed by atoms with Crippen molar-refractivity contribution in [2.24, 2.45) is 0 Å². The number of aromatic nitrogens is 2. The van der Waals surface area contributed by atoms with Gasteiger partial charge in [-0.3, -0.25) is 4.79 Å². The van der Waals surface area contributed by atoms with Crippen LogP contribution in [-0.4, -0.2) is 40.6 Å². The van der Waals surface area contributed by atoms with Crippen LogP contribution >= 0.6 is 23.1 Å². The average molecular weight is 500 g/mol. The fourth-order valence-corrected chi connectivity index (χ4v) is 5.07. The average Bonchev–Trinajstić information content (AvgIpc) is 3.52. The summed E-state index contributed by atoms with van der Waals surface area (Å²) in [5, 5.41) is 4.54. The Kier molecular flexibility index (Phi) is 8.19. The first kappa shape index (κ1) is 24.6. The lowest BCUT2D eigenvalue weighted by Gasteiger charge is -2.14. The summed E-state index contributed by atoms with van der Waals surface area (Å²) in [4.78, 5) is 17.0. The Morgan fingerprint density at radius 2 is 2.15 bits per heavy atom. The van der Waals surface area contributed by atoms with Gasteiger partial charge in [-0.25, -0.2) is 4.98 Å². The van der Waals surface area contributed by atoms with Gasteiger partial charge in [0.1, 0.15) is 16.8 Å². The molecular weight excluding hydrogens is 470 g/mol. The highest BCUT2D eigenvalue weighted by Crippen LogP contribution is 2.34. The molecule has 4 rings (SSSR count). The molecule has 180 valence electrons. The van der Waals surface area contributed by atoms with E-state index in [9.17, 15) is 4.79 Å². The molecule has 0 amide bonds. The van der Waals surface area contributed by atoms with E-state index in [0.29, 0.717) is 29.6 Å². The zero-order valence-electron chi connectivity index (χ0n) is 19.8. The topological polar surface area (TPSA) is 73.3 Å². The number of esters is 1. The largest absolute Gasteiger partial charge is 0.489 e. The van der Waals surface area contributed by atoms with Crippen molar-refractivity contribution in [1.29, 1.82) is 0 Å². The Balaban J connectivity index is 1.49. The van der Waals surface area contributed by atoms with Gasteiger partial charge in [-0.2, -0.15) is 4.37 Å². The maximum Gasteiger partial charge on any atom is 0.323 e. The van der Waals surface area contributed by atoms with Crippen LogP contribution in [0.1, 0.15) is 44.7 Å². The number of ether oxygens (including phenoxy) is 2. The van der Waals surface area contributed by atoms with Crippen molar-refractivity contribution >= 4 is 29.1 Å². The summed E-state index contributed by atoms with van der Waals surface area (Å²) in [6.07, 6.45) is 3.43. The van der Waals surface area contributed by atoms with Gasteiger partial charge in [-0.1, -0.05) is 36.7 Å². The van der Waals surface area contributed by atoms with Crippen molar-refractivity contribution in [3.8, 4) is 27.7 Å². The molecule has 0 spiro atoms. The second-order valence-electron chi connectivity index (χ2n) is 8.60. The number of benzene rings is 2. The third-order valence-electron chi connectivity index (χ3n) is 5.80. The fourth-order valence-electron chi connectivity index (χ4n) is 4.18. The van der Waals surface area contributed by atoms with Crippen LogP contribution in [0.15, 0.2) is 36.4 Å². The third-order valence-corrected chi connectivity index (χ3v) is 6.86. The van der Waals surface area contributed by atoms with Crippen molar-refractivity contribution in [3.05, 3.63) is 52.5 Å². The van der Waals surface area contributed by atoms with Crippen LogP contribution in [0.5, 0.6) is 5.75 Å². The summed E-state index contributed by atoms with van der Waals surface area (Å²) in [7, 11) is 0. The van der Waals surface area contributed by atoms with Crippen LogP contribution in [0.3, 0.4) is 0 Å². The van der Waals surface area contributed by atoms with Gasteiger partial charge in [-0.05, 0) is 80.5 Å². The van der Waals surface area contributed by atoms with Gasteiger partial charge in [0, 0.05) is 17.5 Å². The van der Waals surface area contributed by atoms with Gasteiger partial charge in [0.05, 0.1) is 17.7 Å². The Hall–Kier alpha value is -2.48. The Bertz CT molecular complexity index is 1140. The maximum absolute atomic E-state index is 12.2. The maximum atomic E-state index is 12.2. The van der Waals surface area contributed by atoms with E-state index < -0.39 is 0 Å². The highest BCUT2D eigenvalue weighted by molar-refractivity contribution is 7.09. The molecule has 1 aromatic heterocycles. The third kappa shape index (κ3) is 5.77. The molecule has 0 bridgehead atoms. The summed E-state index contributed by atoms with van der Waals surface area (Å²) < 4.78 is 15.9. The van der Waals surface area contributed by atoms with E-state index in [-0.39, 0.29) is 18.1 Å². The molecule has 2 aromatic carbocycles. The van der Waals surface area contributed by atoms with Crippen LogP contribution in [0.4, 0.5) is 0 Å². The number of hydrogen-bond acceptors (Lipinski definition) is 7. The number of carbonyl (C=O) groups excluding carboxylic acids is 1. The highest BCUT2D eigenvalue weighted by atomic mass is 35.5. The monoisotopic (exact) mass is 499 g/mol. The highest BCUT2D eigenvalue weighted by Gasteiger charge is 2.23. The van der Waals surface area contributed by atoms with Gasteiger partial charge < -0.3 is 14.8 Å². The first-order valence-electron chi connectivity index (χ1n) is 11.8. The number of halogens is 1. The molecule has 1 atom stereocenters. The number of rotatable bonds is 9. The molecule has 1 aliphatic rings. The van der Waals surface area contributed by atoms with Crippen molar-refractivity contribution in [2.75, 3.05) is 13.2 Å². The molecule has 3 aromatic rings. The molecule has 8 heteroatoms. The van der Waals surface area contributed by atoms with Gasteiger partial charge in [-0.15, -0.1) is 0 Å². The normalized spacial score (nSPS) is 15.6. The van der Waals surface area contributed by atoms with Crippen LogP contribution in [0.25, 0.3) is 22.0 Å². The molecule has 2 heterocycles. The predicted octanol–water partition coefficient (Wildman–Crippen LogP) is 5.71. The molecular formula is C26H30ClN3O3S. The molecule has 1 N–H and O–H groups in total. The van der Waals surface area contributed by atoms with Gasteiger partial charge >= 0.3 is 5.97 Å². The molecule has 0 radical (unpaired) electrons.